The summed E-state index contributed by atoms with van der Waals surface area (Å²) in [5.41, 5.74) is 7.98. The van der Waals surface area contributed by atoms with E-state index >= 15 is 0 Å². The summed E-state index contributed by atoms with van der Waals surface area (Å²) in [6, 6.07) is 67.1. The minimum Gasteiger partial charge on any atom is -0.478 e. The molecule has 0 aliphatic carbocycles. The Hall–Kier alpha value is -13.6. The van der Waals surface area contributed by atoms with Crippen molar-refractivity contribution < 1.29 is 134 Å². The number of ketones is 4. The first-order chi connectivity index (χ1) is 54.9. The van der Waals surface area contributed by atoms with E-state index in [-0.39, 0.29) is 131 Å². The second-order valence-corrected chi connectivity index (χ2v) is 24.1. The first-order valence-corrected chi connectivity index (χ1v) is 34.8. The summed E-state index contributed by atoms with van der Waals surface area (Å²) in [6.45, 7) is 7.33. The van der Waals surface area contributed by atoms with E-state index < -0.39 is 52.7 Å². The molecule has 30 heteroatoms. The molecule has 10 rings (SSSR count). The van der Waals surface area contributed by atoms with Gasteiger partial charge in [-0.15, -0.1) is 16.9 Å². The number of rotatable bonds is 25. The van der Waals surface area contributed by atoms with E-state index in [1.807, 2.05) is 24.3 Å². The third-order valence-electron chi connectivity index (χ3n) is 14.9. The number of benzene rings is 10. The van der Waals surface area contributed by atoms with Crippen LogP contribution >= 0.6 is 11.6 Å². The van der Waals surface area contributed by atoms with Crippen molar-refractivity contribution in [1.29, 1.82) is 0 Å². The standard InChI is InChI=1S/C17H15ClO3.C17H15NO5.2C17H16O4.2C9H8O4.Ag.HNO2/c1-12(19)21-17-5-3-2-4-15(17)16(20)10-13-6-8-14(11-18)9-7-13;1-12(19)23-17-5-3-2-4-15(17)16(20)10-13-6-8-14(9-7-13)11-18(21)22;2*1-12(19)21-17-5-3-2-4-15(17)16(20)10-13-6-8-14(11-18)9-7-13;2*1-6(10)13-8-5-3-2-4-7(8)9(11)12;;2-1-3/h2-9H,10-11H2,1H3;2-9H,10-11H2,1H3;2*2-9,18H,10-11H2,1H3;2*2-5H,1H3,(H,11,12);;(H,2,3)/p-1. The predicted octanol–water partition coefficient (Wildman–Crippen LogP) is 14.5. The van der Waals surface area contributed by atoms with E-state index in [1.165, 1.54) is 65.8 Å². The van der Waals surface area contributed by atoms with Crippen molar-refractivity contribution in [2.75, 3.05) is 0 Å². The predicted molar refractivity (Wildman–Crippen MR) is 420 cm³/mol. The number of carbonyl (C=O) groups excluding carboxylic acids is 10. The van der Waals surface area contributed by atoms with E-state index in [2.05, 4.69) is 9.47 Å². The van der Waals surface area contributed by atoms with E-state index in [0.717, 1.165) is 44.3 Å². The summed E-state index contributed by atoms with van der Waals surface area (Å²) in [5, 5.41) is 54.8. The Labute approximate surface area is 685 Å². The Morgan fingerprint density at radius 3 is 0.672 bits per heavy atom. The van der Waals surface area contributed by atoms with Crippen molar-refractivity contribution in [3.05, 3.63) is 341 Å². The van der Waals surface area contributed by atoms with Crippen LogP contribution in [-0.4, -0.2) is 96.2 Å². The summed E-state index contributed by atoms with van der Waals surface area (Å²) in [5.74, 6) is -3.99. The SMILES string of the molecule is CC(=O)Oc1ccccc1C(=O)Cc1ccc(CCl)cc1.CC(=O)Oc1ccccc1C(=O)Cc1ccc(CO)cc1.CC(=O)Oc1ccccc1C(=O)Cc1ccc(CO)cc1.CC(=O)Oc1ccccc1C(=O)Cc1ccc(C[N+](=O)[O-])cc1.CC(=O)Oc1ccccc1C(=O)O.CC(=O)Oc1ccccc1C(=O)O.O=N[O-].[Ag]. The van der Waals surface area contributed by atoms with Gasteiger partial charge in [-0.25, -0.2) is 9.59 Å². The smallest absolute Gasteiger partial charge is 0.339 e. The zero-order chi connectivity index (χ0) is 84.9. The van der Waals surface area contributed by atoms with Gasteiger partial charge in [0.1, 0.15) is 45.6 Å². The Bertz CT molecular complexity index is 4670. The average Bonchev–Trinajstić information content (AvgIpc) is 0.851. The minimum absolute atomic E-state index is 0. The number of alkyl halides is 1. The van der Waals surface area contributed by atoms with Crippen LogP contribution < -0.4 is 28.4 Å². The molecule has 0 saturated carbocycles. The molecule has 0 bridgehead atoms. The molecule has 1 radical (unpaired) electrons. The monoisotopic (exact) mass is 1700 g/mol. The molecule has 10 aromatic rings. The molecule has 0 saturated heterocycles. The van der Waals surface area contributed by atoms with Gasteiger partial charge in [0.2, 0.25) is 6.54 Å². The van der Waals surface area contributed by atoms with Gasteiger partial charge in [-0.3, -0.25) is 58.1 Å². The molecule has 116 heavy (non-hydrogen) atoms. The molecule has 0 aliphatic rings. The number of aliphatic hydroxyl groups is 2. The summed E-state index contributed by atoms with van der Waals surface area (Å²) in [7, 11) is 0. The number of nitro groups is 1. The zero-order valence-electron chi connectivity index (χ0n) is 63.1. The molecule has 4 N–H and O–H groups in total. The van der Waals surface area contributed by atoms with Gasteiger partial charge in [-0.05, 0) is 112 Å². The number of halogens is 1. The summed E-state index contributed by atoms with van der Waals surface area (Å²) < 4.78 is 29.6. The number of ether oxygens (including phenoxy) is 6. The first-order valence-electron chi connectivity index (χ1n) is 34.3. The summed E-state index contributed by atoms with van der Waals surface area (Å²) in [6.07, 6.45) is 0.797. The number of aromatic carboxylic acids is 2. The molecule has 0 spiro atoms. The number of carboxylic acids is 2. The maximum Gasteiger partial charge on any atom is 0.339 e. The molecule has 28 nitrogen and oxygen atoms in total. The Kier molecular flexibility index (Phi) is 43.2. The van der Waals surface area contributed by atoms with Gasteiger partial charge < -0.3 is 59.0 Å². The Balaban J connectivity index is 0.000000361. The third-order valence-corrected chi connectivity index (χ3v) is 15.2. The van der Waals surface area contributed by atoms with Crippen molar-refractivity contribution in [2.24, 2.45) is 5.34 Å². The van der Waals surface area contributed by atoms with Gasteiger partial charge in [0, 0.05) is 106 Å². The Morgan fingerprint density at radius 2 is 0.491 bits per heavy atom. The average molecular weight is 1700 g/mol. The molecule has 0 aromatic heterocycles. The number of carboxylic acid groups (broad SMARTS) is 2. The molecule has 0 atom stereocenters. The quantitative estimate of drug-likeness (QED) is 0.00603. The van der Waals surface area contributed by atoms with Gasteiger partial charge in [0.05, 0.1) is 35.5 Å². The molecule has 0 heterocycles. The van der Waals surface area contributed by atoms with Crippen LogP contribution in [0, 0.1) is 20.2 Å². The van der Waals surface area contributed by atoms with E-state index in [1.54, 1.807) is 194 Å². The normalized spacial score (nSPS) is 9.73. The van der Waals surface area contributed by atoms with E-state index in [4.69, 9.17) is 61.1 Å². The number of Topliss-reactive ketones (excluding diaryl/α,β-unsaturated/α-hetero) is 4. The van der Waals surface area contributed by atoms with Crippen LogP contribution in [-0.2, 0) is 102 Å². The van der Waals surface area contributed by atoms with Gasteiger partial charge in [0.25, 0.3) is 0 Å². The van der Waals surface area contributed by atoms with Crippen LogP contribution in [0.1, 0.15) is 148 Å². The number of hydrogen-bond donors (Lipinski definition) is 4. The fourth-order valence-corrected chi connectivity index (χ4v) is 10.0. The molecule has 0 fully saturated rings. The molecule has 607 valence electrons. The van der Waals surface area contributed by atoms with Crippen LogP contribution in [0.15, 0.2) is 248 Å². The molecular weight excluding hydrogens is 1620 g/mol. The van der Waals surface area contributed by atoms with E-state index in [9.17, 15) is 67.6 Å². The van der Waals surface area contributed by atoms with Gasteiger partial charge in [-0.2, -0.15) is 0 Å². The number of hydrogen-bond acceptors (Lipinski definition) is 25. The maximum absolute atomic E-state index is 12.4. The Morgan fingerprint density at radius 1 is 0.319 bits per heavy atom. The number of para-hydroxylation sites is 6. The number of aliphatic hydroxyl groups excluding tert-OH is 2. The van der Waals surface area contributed by atoms with Crippen molar-refractivity contribution in [2.45, 2.75) is 92.9 Å². The van der Waals surface area contributed by atoms with Crippen LogP contribution in [0.4, 0.5) is 0 Å². The summed E-state index contributed by atoms with van der Waals surface area (Å²) in [4.78, 5) is 154. The maximum atomic E-state index is 12.4. The molecular formula is C86H78AgClN2O26-. The fourth-order valence-electron chi connectivity index (χ4n) is 9.84. The van der Waals surface area contributed by atoms with E-state index in [0.29, 0.717) is 39.4 Å². The van der Waals surface area contributed by atoms with Crippen molar-refractivity contribution >= 4 is 82.5 Å². The third kappa shape index (κ3) is 35.8. The molecule has 0 unspecified atom stereocenters. The molecule has 0 amide bonds. The minimum atomic E-state index is -1.11. The number of esters is 6. The second-order valence-electron chi connectivity index (χ2n) is 23.8. The zero-order valence-corrected chi connectivity index (χ0v) is 65.3. The van der Waals surface area contributed by atoms with Crippen molar-refractivity contribution in [3.63, 3.8) is 0 Å². The number of carbonyl (C=O) groups is 12. The summed E-state index contributed by atoms with van der Waals surface area (Å²) >= 11 is 5.73. The fraction of sp³-hybridized carbons (Fsp3) is 0.163. The van der Waals surface area contributed by atoms with Crippen molar-refractivity contribution in [3.8, 4) is 34.5 Å². The number of nitrogens with zero attached hydrogens (tertiary/aromatic N) is 2. The van der Waals surface area contributed by atoms with Crippen LogP contribution in [0.3, 0.4) is 0 Å². The van der Waals surface area contributed by atoms with Crippen molar-refractivity contribution in [1.82, 2.24) is 0 Å². The molecule has 0 aliphatic heterocycles. The van der Waals surface area contributed by atoms with Crippen LogP contribution in [0.5, 0.6) is 34.5 Å². The largest absolute Gasteiger partial charge is 0.478 e. The van der Waals surface area contributed by atoms with Crippen LogP contribution in [0.25, 0.3) is 0 Å². The molecule has 10 aromatic carbocycles. The second kappa shape index (κ2) is 51.8. The van der Waals surface area contributed by atoms with Crippen LogP contribution in [0.2, 0.25) is 0 Å². The van der Waals surface area contributed by atoms with Gasteiger partial charge in [-0.1, -0.05) is 170 Å². The first kappa shape index (κ1) is 96.6. The topological polar surface area (TPSA) is 437 Å². The van der Waals surface area contributed by atoms with Gasteiger partial charge >= 0.3 is 47.8 Å². The van der Waals surface area contributed by atoms with Gasteiger partial charge in [0.15, 0.2) is 23.1 Å².